The van der Waals surface area contributed by atoms with Crippen LogP contribution in [0.5, 0.6) is 0 Å². The molecule has 40 heavy (non-hydrogen) atoms. The highest BCUT2D eigenvalue weighted by Gasteiger charge is 2.72. The van der Waals surface area contributed by atoms with Gasteiger partial charge in [0.1, 0.15) is 17.5 Å². The van der Waals surface area contributed by atoms with E-state index in [0.29, 0.717) is 28.1 Å². The van der Waals surface area contributed by atoms with Gasteiger partial charge >= 0.3 is 0 Å². The fourth-order valence-corrected chi connectivity index (χ4v) is 7.25. The second kappa shape index (κ2) is 10.3. The third-order valence-corrected chi connectivity index (χ3v) is 9.55. The first-order chi connectivity index (χ1) is 19.2. The molecule has 6 rings (SSSR count). The van der Waals surface area contributed by atoms with Crippen LogP contribution in [-0.2, 0) is 25.7 Å². The van der Waals surface area contributed by atoms with Crippen LogP contribution in [0.25, 0.3) is 0 Å². The smallest absolute Gasteiger partial charge is 0.246 e. The van der Waals surface area contributed by atoms with Gasteiger partial charge in [-0.25, -0.2) is 4.39 Å². The van der Waals surface area contributed by atoms with E-state index in [9.17, 15) is 18.8 Å². The molecule has 2 saturated heterocycles. The Morgan fingerprint density at radius 3 is 2.65 bits per heavy atom. The highest BCUT2D eigenvalue weighted by Crippen LogP contribution is 2.55. The number of hydrogen-bond acceptors (Lipinski definition) is 4. The minimum Gasteiger partial charge on any atom is -0.359 e. The third kappa shape index (κ3) is 4.51. The normalized spacial score (nSPS) is 34.1. The summed E-state index contributed by atoms with van der Waals surface area (Å²) in [5, 5.41) is 6.60. The lowest BCUT2D eigenvalue weighted by Crippen LogP contribution is -2.57. The number of fused-ring (bicyclic) bond motifs is 1. The first-order valence-corrected chi connectivity index (χ1v) is 14.3. The number of carbonyl (C=O) groups is 3. The zero-order valence-corrected chi connectivity index (χ0v) is 23.2. The number of benzene rings is 2. The molecule has 8 atom stereocenters. The predicted molar refractivity (Wildman–Crippen MR) is 149 cm³/mol. The van der Waals surface area contributed by atoms with Crippen LogP contribution in [0.1, 0.15) is 38.7 Å². The lowest BCUT2D eigenvalue weighted by atomic mass is 9.73. The molecule has 1 spiro atoms. The average molecular weight is 566 g/mol. The molecule has 3 amide bonds. The summed E-state index contributed by atoms with van der Waals surface area (Å²) in [6.45, 7) is 4.45. The molecule has 9 heteroatoms. The number of rotatable bonds is 6. The van der Waals surface area contributed by atoms with Crippen molar-refractivity contribution >= 4 is 35.0 Å². The maximum atomic E-state index is 14.1. The van der Waals surface area contributed by atoms with Crippen LogP contribution in [0.3, 0.4) is 0 Å². The van der Waals surface area contributed by atoms with Gasteiger partial charge in [0.25, 0.3) is 0 Å². The predicted octanol–water partition coefficient (Wildman–Crippen LogP) is 4.71. The number of ether oxygens (including phenoxy) is 1. The summed E-state index contributed by atoms with van der Waals surface area (Å²) >= 11 is 6.11. The molecule has 2 bridgehead atoms. The summed E-state index contributed by atoms with van der Waals surface area (Å²) < 4.78 is 20.1. The monoisotopic (exact) mass is 565 g/mol. The highest BCUT2D eigenvalue weighted by atomic mass is 35.5. The van der Waals surface area contributed by atoms with Gasteiger partial charge in [0.05, 0.1) is 17.9 Å². The zero-order valence-electron chi connectivity index (χ0n) is 22.5. The summed E-state index contributed by atoms with van der Waals surface area (Å²) in [5.41, 5.74) is -0.0743. The molecule has 2 aromatic carbocycles. The van der Waals surface area contributed by atoms with Gasteiger partial charge in [-0.1, -0.05) is 68.6 Å². The molecule has 2 N–H and O–H groups in total. The van der Waals surface area contributed by atoms with E-state index in [2.05, 4.69) is 24.5 Å². The molecule has 2 aromatic rings. The quantitative estimate of drug-likeness (QED) is 0.497. The number of anilines is 1. The molecular weight excluding hydrogens is 533 g/mol. The fraction of sp³-hybridized carbons (Fsp3) is 0.452. The van der Waals surface area contributed by atoms with Crippen molar-refractivity contribution in [1.29, 1.82) is 0 Å². The molecule has 1 saturated carbocycles. The van der Waals surface area contributed by atoms with Gasteiger partial charge in [-0.2, -0.15) is 0 Å². The van der Waals surface area contributed by atoms with Crippen molar-refractivity contribution in [2.24, 2.45) is 23.7 Å². The zero-order chi connectivity index (χ0) is 28.2. The van der Waals surface area contributed by atoms with Crippen LogP contribution in [0, 0.1) is 29.5 Å². The molecule has 3 heterocycles. The van der Waals surface area contributed by atoms with Crippen molar-refractivity contribution in [3.63, 3.8) is 0 Å². The van der Waals surface area contributed by atoms with Crippen molar-refractivity contribution in [2.75, 3.05) is 5.32 Å². The fourth-order valence-electron chi connectivity index (χ4n) is 7.06. The number of amides is 3. The maximum Gasteiger partial charge on any atom is 0.246 e. The third-order valence-electron chi connectivity index (χ3n) is 9.32. The van der Waals surface area contributed by atoms with Crippen molar-refractivity contribution in [1.82, 2.24) is 10.2 Å². The number of nitrogens with one attached hydrogen (secondary N) is 2. The van der Waals surface area contributed by atoms with E-state index in [-0.39, 0.29) is 36.1 Å². The summed E-state index contributed by atoms with van der Waals surface area (Å²) in [7, 11) is 0. The summed E-state index contributed by atoms with van der Waals surface area (Å²) in [6.07, 6.45) is 5.97. The Balaban J connectivity index is 1.33. The number of nitrogens with zero attached hydrogens (tertiary/aromatic N) is 1. The largest absolute Gasteiger partial charge is 0.359 e. The number of hydrogen-bond donors (Lipinski definition) is 2. The molecule has 0 aromatic heterocycles. The van der Waals surface area contributed by atoms with Crippen LogP contribution in [0.15, 0.2) is 60.7 Å². The van der Waals surface area contributed by atoms with Crippen molar-refractivity contribution in [2.45, 2.75) is 63.4 Å². The van der Waals surface area contributed by atoms with E-state index in [1.165, 1.54) is 17.0 Å². The maximum absolute atomic E-state index is 14.1. The van der Waals surface area contributed by atoms with Crippen LogP contribution >= 0.6 is 11.6 Å². The van der Waals surface area contributed by atoms with Crippen molar-refractivity contribution in [3.05, 3.63) is 77.1 Å². The van der Waals surface area contributed by atoms with Gasteiger partial charge in [0, 0.05) is 23.3 Å². The number of carbonyl (C=O) groups excluding carboxylic acids is 3. The van der Waals surface area contributed by atoms with Gasteiger partial charge < -0.3 is 20.3 Å². The molecule has 210 valence electrons. The Labute approximate surface area is 238 Å². The Kier molecular flexibility index (Phi) is 6.95. The van der Waals surface area contributed by atoms with E-state index in [1.807, 2.05) is 0 Å². The number of likely N-dealkylation sites (tertiary alicyclic amines) is 1. The Hall–Kier alpha value is -3.23. The van der Waals surface area contributed by atoms with Gasteiger partial charge in [-0.15, -0.1) is 0 Å². The van der Waals surface area contributed by atoms with Crippen LogP contribution in [-0.4, -0.2) is 46.4 Å². The van der Waals surface area contributed by atoms with Gasteiger partial charge in [-0.3, -0.25) is 14.4 Å². The Morgan fingerprint density at radius 1 is 1.12 bits per heavy atom. The standard InChI is InChI=1S/C31H33ClFN3O4/c1-17-5-3-8-23(18(17)2)35-29(38)27-31-14-13-24(40-31)25(28(37)34-22-7-4-6-20(32)15-22)26(31)30(39)36(27)16-19-9-11-21(33)12-10-19/h4,6-7,9-15,17-18,23-27H,3,5,8,16H2,1-2H3,(H,34,37)(H,35,38). The molecule has 8 unspecified atom stereocenters. The lowest BCUT2D eigenvalue weighted by molar-refractivity contribution is -0.142. The minimum absolute atomic E-state index is 0.0148. The van der Waals surface area contributed by atoms with E-state index in [0.717, 1.165) is 19.3 Å². The molecular formula is C31H33ClFN3O4. The van der Waals surface area contributed by atoms with E-state index in [4.69, 9.17) is 16.3 Å². The Bertz CT molecular complexity index is 1370. The molecule has 0 radical (unpaired) electrons. The van der Waals surface area contributed by atoms with E-state index >= 15 is 0 Å². The first-order valence-electron chi connectivity index (χ1n) is 14.0. The second-order valence-electron chi connectivity index (χ2n) is 11.7. The molecule has 4 aliphatic rings. The minimum atomic E-state index is -1.27. The summed E-state index contributed by atoms with van der Waals surface area (Å²) in [4.78, 5) is 43.4. The van der Waals surface area contributed by atoms with Gasteiger partial charge in [-0.05, 0) is 54.2 Å². The van der Waals surface area contributed by atoms with E-state index in [1.54, 1.807) is 48.6 Å². The summed E-state index contributed by atoms with van der Waals surface area (Å²) in [6, 6.07) is 11.7. The van der Waals surface area contributed by atoms with Crippen LogP contribution < -0.4 is 10.6 Å². The van der Waals surface area contributed by atoms with Gasteiger partial charge in [0.2, 0.25) is 17.7 Å². The first kappa shape index (κ1) is 27.0. The lowest BCUT2D eigenvalue weighted by Gasteiger charge is -2.38. The molecule has 3 fully saturated rings. The number of halogens is 2. The Morgan fingerprint density at radius 2 is 1.90 bits per heavy atom. The van der Waals surface area contributed by atoms with Crippen molar-refractivity contribution < 1.29 is 23.5 Å². The van der Waals surface area contributed by atoms with Crippen LogP contribution in [0.2, 0.25) is 5.02 Å². The van der Waals surface area contributed by atoms with Gasteiger partial charge in [0.15, 0.2) is 0 Å². The van der Waals surface area contributed by atoms with Crippen LogP contribution in [0.4, 0.5) is 10.1 Å². The molecule has 7 nitrogen and oxygen atoms in total. The second-order valence-corrected chi connectivity index (χ2v) is 12.1. The topological polar surface area (TPSA) is 87.7 Å². The SMILES string of the molecule is CC1CCCC(NC(=O)C2N(Cc3ccc(F)cc3)C(=O)C3C(C(=O)Nc4cccc(Cl)c4)C4C=CC32O4)C1C. The van der Waals surface area contributed by atoms with Crippen molar-refractivity contribution in [3.8, 4) is 0 Å². The van der Waals surface area contributed by atoms with E-state index < -0.39 is 29.6 Å². The molecule has 1 aliphatic carbocycles. The highest BCUT2D eigenvalue weighted by molar-refractivity contribution is 6.30. The molecule has 3 aliphatic heterocycles. The average Bonchev–Trinajstić information content (AvgIpc) is 3.55. The summed E-state index contributed by atoms with van der Waals surface area (Å²) in [5.74, 6) is -2.29.